The zero-order valence-electron chi connectivity index (χ0n) is 11.9. The highest BCUT2D eigenvalue weighted by molar-refractivity contribution is 9.12. The van der Waals surface area contributed by atoms with Crippen molar-refractivity contribution >= 4 is 49.4 Å². The van der Waals surface area contributed by atoms with Crippen molar-refractivity contribution in [3.8, 4) is 5.75 Å². The second kappa shape index (κ2) is 5.06. The minimum atomic E-state index is -0.169. The quantitative estimate of drug-likeness (QED) is 0.537. The van der Waals surface area contributed by atoms with Crippen molar-refractivity contribution < 1.29 is 14.3 Å². The Balaban J connectivity index is 1.69. The third-order valence-corrected chi connectivity index (χ3v) is 8.52. The number of hydrogen-bond donors (Lipinski definition) is 0. The van der Waals surface area contributed by atoms with Crippen molar-refractivity contribution in [2.45, 2.75) is 16.1 Å². The minimum Gasteiger partial charge on any atom is -0.497 e. The SMILES string of the molecule is COc1ccc(N2C(=O)[C@@H]3[C@@H]4C[C@@H]([C@@H](Br)[C@@H]4Br)[C@@H]3C2=O)cc1. The van der Waals surface area contributed by atoms with Gasteiger partial charge < -0.3 is 4.74 Å². The normalized spacial score (nSPS) is 39.5. The number of amides is 2. The van der Waals surface area contributed by atoms with Gasteiger partial charge in [0.25, 0.3) is 0 Å². The van der Waals surface area contributed by atoms with E-state index in [2.05, 4.69) is 31.9 Å². The van der Waals surface area contributed by atoms with E-state index in [0.717, 1.165) is 6.42 Å². The first-order chi connectivity index (χ1) is 10.5. The highest BCUT2D eigenvalue weighted by atomic mass is 79.9. The summed E-state index contributed by atoms with van der Waals surface area (Å²) in [6.07, 6.45) is 0.953. The molecule has 2 amide bonds. The predicted molar refractivity (Wildman–Crippen MR) is 89.5 cm³/mol. The summed E-state index contributed by atoms with van der Waals surface area (Å²) in [5, 5.41) is 0. The van der Waals surface area contributed by atoms with E-state index in [1.54, 1.807) is 31.4 Å². The maximum atomic E-state index is 12.8. The lowest BCUT2D eigenvalue weighted by Crippen LogP contribution is -2.37. The molecular weight excluding hydrogens is 414 g/mol. The number of hydrogen-bond acceptors (Lipinski definition) is 3. The molecule has 1 aromatic carbocycles. The van der Waals surface area contributed by atoms with Crippen LogP contribution in [0.15, 0.2) is 24.3 Å². The van der Waals surface area contributed by atoms with Gasteiger partial charge in [-0.15, -0.1) is 0 Å². The Hall–Kier alpha value is -0.880. The molecule has 3 fully saturated rings. The lowest BCUT2D eigenvalue weighted by molar-refractivity contribution is -0.123. The van der Waals surface area contributed by atoms with Gasteiger partial charge in [-0.25, -0.2) is 0 Å². The van der Waals surface area contributed by atoms with Crippen LogP contribution in [0.4, 0.5) is 5.69 Å². The Kier molecular flexibility index (Phi) is 3.38. The minimum absolute atomic E-state index is 0.0449. The molecule has 3 aliphatic rings. The van der Waals surface area contributed by atoms with E-state index in [9.17, 15) is 9.59 Å². The molecule has 0 N–H and O–H groups in total. The first-order valence-electron chi connectivity index (χ1n) is 7.34. The zero-order valence-corrected chi connectivity index (χ0v) is 15.1. The second-order valence-corrected chi connectivity index (χ2v) is 8.33. The summed E-state index contributed by atoms with van der Waals surface area (Å²) in [5.74, 6) is 0.783. The van der Waals surface area contributed by atoms with Gasteiger partial charge in [0.15, 0.2) is 0 Å². The first kappa shape index (κ1) is 14.7. The van der Waals surface area contributed by atoms with E-state index in [4.69, 9.17) is 4.74 Å². The van der Waals surface area contributed by atoms with Gasteiger partial charge in [-0.2, -0.15) is 0 Å². The Morgan fingerprint density at radius 1 is 1.00 bits per heavy atom. The maximum Gasteiger partial charge on any atom is 0.238 e. The van der Waals surface area contributed by atoms with Crippen LogP contribution in [0.1, 0.15) is 6.42 Å². The number of fused-ring (bicyclic) bond motifs is 5. The Morgan fingerprint density at radius 3 is 1.95 bits per heavy atom. The van der Waals surface area contributed by atoms with Gasteiger partial charge in [0, 0.05) is 9.65 Å². The maximum absolute atomic E-state index is 12.8. The van der Waals surface area contributed by atoms with Crippen LogP contribution in [-0.4, -0.2) is 28.6 Å². The van der Waals surface area contributed by atoms with Gasteiger partial charge in [0.2, 0.25) is 11.8 Å². The summed E-state index contributed by atoms with van der Waals surface area (Å²) in [5.41, 5.74) is 0.641. The molecule has 6 atom stereocenters. The van der Waals surface area contributed by atoms with Crippen LogP contribution in [0.25, 0.3) is 0 Å². The number of imide groups is 1. The molecule has 1 aliphatic heterocycles. The molecule has 4 rings (SSSR count). The van der Waals surface area contributed by atoms with Crippen LogP contribution in [0.2, 0.25) is 0 Å². The van der Waals surface area contributed by atoms with Crippen LogP contribution in [0.5, 0.6) is 5.75 Å². The molecule has 1 aromatic rings. The molecule has 4 nitrogen and oxygen atoms in total. The van der Waals surface area contributed by atoms with Crippen LogP contribution < -0.4 is 9.64 Å². The monoisotopic (exact) mass is 427 g/mol. The van der Waals surface area contributed by atoms with Crippen molar-refractivity contribution in [2.24, 2.45) is 23.7 Å². The number of carbonyl (C=O) groups is 2. The molecule has 2 saturated carbocycles. The average molecular weight is 429 g/mol. The summed E-state index contributed by atoms with van der Waals surface area (Å²) in [6.45, 7) is 0. The van der Waals surface area contributed by atoms with Gasteiger partial charge in [0.05, 0.1) is 24.6 Å². The smallest absolute Gasteiger partial charge is 0.238 e. The summed E-state index contributed by atoms with van der Waals surface area (Å²) in [6, 6.07) is 7.10. The number of anilines is 1. The summed E-state index contributed by atoms with van der Waals surface area (Å²) in [4.78, 5) is 27.6. The van der Waals surface area contributed by atoms with E-state index < -0.39 is 0 Å². The zero-order chi connectivity index (χ0) is 15.6. The van der Waals surface area contributed by atoms with Crippen LogP contribution in [0, 0.1) is 23.7 Å². The molecule has 116 valence electrons. The number of halogens is 2. The molecule has 1 saturated heterocycles. The fourth-order valence-electron chi connectivity index (χ4n) is 4.33. The van der Waals surface area contributed by atoms with Crippen LogP contribution in [0.3, 0.4) is 0 Å². The molecule has 6 heteroatoms. The Labute approximate surface area is 145 Å². The third kappa shape index (κ3) is 1.80. The molecule has 22 heavy (non-hydrogen) atoms. The molecule has 0 radical (unpaired) electrons. The number of carbonyl (C=O) groups excluding carboxylic acids is 2. The predicted octanol–water partition coefficient (Wildman–Crippen LogP) is 2.98. The van der Waals surface area contributed by atoms with Gasteiger partial charge >= 0.3 is 0 Å². The number of ether oxygens (including phenoxy) is 1. The number of alkyl halides is 2. The fourth-order valence-corrected chi connectivity index (χ4v) is 6.21. The number of benzene rings is 1. The molecule has 2 aliphatic carbocycles. The number of rotatable bonds is 2. The fraction of sp³-hybridized carbons (Fsp3) is 0.500. The van der Waals surface area contributed by atoms with Gasteiger partial charge in [0.1, 0.15) is 5.75 Å². The van der Waals surface area contributed by atoms with Gasteiger partial charge in [-0.05, 0) is 42.5 Å². The lowest BCUT2D eigenvalue weighted by atomic mass is 9.81. The number of methoxy groups -OCH3 is 1. The average Bonchev–Trinajstić information content (AvgIpc) is 3.13. The lowest BCUT2D eigenvalue weighted by Gasteiger charge is -2.28. The van der Waals surface area contributed by atoms with Crippen molar-refractivity contribution in [1.29, 1.82) is 0 Å². The van der Waals surface area contributed by atoms with Gasteiger partial charge in [-0.3, -0.25) is 14.5 Å². The van der Waals surface area contributed by atoms with E-state index in [-0.39, 0.29) is 45.1 Å². The largest absolute Gasteiger partial charge is 0.497 e. The molecule has 0 aromatic heterocycles. The highest BCUT2D eigenvalue weighted by Crippen LogP contribution is 2.60. The summed E-state index contributed by atoms with van der Waals surface area (Å²) in [7, 11) is 1.59. The van der Waals surface area contributed by atoms with Crippen LogP contribution in [-0.2, 0) is 9.59 Å². The van der Waals surface area contributed by atoms with Crippen LogP contribution >= 0.6 is 31.9 Å². The van der Waals surface area contributed by atoms with E-state index in [1.165, 1.54) is 4.90 Å². The van der Waals surface area contributed by atoms with E-state index >= 15 is 0 Å². The van der Waals surface area contributed by atoms with Gasteiger partial charge in [-0.1, -0.05) is 31.9 Å². The first-order valence-corrected chi connectivity index (χ1v) is 9.17. The number of nitrogens with zero attached hydrogens (tertiary/aromatic N) is 1. The summed E-state index contributed by atoms with van der Waals surface area (Å²) < 4.78 is 5.13. The Morgan fingerprint density at radius 2 is 1.50 bits per heavy atom. The van der Waals surface area contributed by atoms with Crippen molar-refractivity contribution in [3.63, 3.8) is 0 Å². The highest BCUT2D eigenvalue weighted by Gasteiger charge is 2.66. The topological polar surface area (TPSA) is 46.6 Å². The summed E-state index contributed by atoms with van der Waals surface area (Å²) >= 11 is 7.39. The molecule has 0 spiro atoms. The molecule has 2 bridgehead atoms. The Bertz CT molecular complexity index is 615. The molecular formula is C16H15Br2NO3. The molecule has 1 heterocycles. The van der Waals surface area contributed by atoms with E-state index in [1.807, 2.05) is 0 Å². The molecule has 0 unspecified atom stereocenters. The van der Waals surface area contributed by atoms with Crippen molar-refractivity contribution in [3.05, 3.63) is 24.3 Å². The third-order valence-electron chi connectivity index (χ3n) is 5.32. The second-order valence-electron chi connectivity index (χ2n) is 6.21. The van der Waals surface area contributed by atoms with E-state index in [0.29, 0.717) is 11.4 Å². The van der Waals surface area contributed by atoms with Crippen molar-refractivity contribution in [2.75, 3.05) is 12.0 Å². The standard InChI is InChI=1S/C16H15Br2NO3/c1-22-8-4-2-7(3-5-8)19-15(20)11-9-6-10(12(11)16(19)21)14(18)13(9)17/h2-5,9-14H,6H2,1H3/t9-,10+,11+,12-,13-,14-/m1/s1. The van der Waals surface area contributed by atoms with Crippen molar-refractivity contribution in [1.82, 2.24) is 0 Å².